The molecule has 0 saturated carbocycles. The summed E-state index contributed by atoms with van der Waals surface area (Å²) in [5.41, 5.74) is 12.2. The van der Waals surface area contributed by atoms with Crippen LogP contribution in [-0.4, -0.2) is 0 Å². The van der Waals surface area contributed by atoms with E-state index >= 15 is 0 Å². The third-order valence-corrected chi connectivity index (χ3v) is 3.97. The average Bonchev–Trinajstić information content (AvgIpc) is 2.86. The van der Waals surface area contributed by atoms with Crippen LogP contribution in [0.2, 0.25) is 0 Å². The SMILES string of the molecule is Cc1cc(C)c(C(N)c2cc3ccccc3o2)cc1C. The van der Waals surface area contributed by atoms with E-state index in [0.717, 1.165) is 22.3 Å². The van der Waals surface area contributed by atoms with Crippen molar-refractivity contribution in [3.05, 3.63) is 70.5 Å². The lowest BCUT2D eigenvalue weighted by molar-refractivity contribution is 0.524. The van der Waals surface area contributed by atoms with Crippen molar-refractivity contribution in [2.75, 3.05) is 0 Å². The fourth-order valence-electron chi connectivity index (χ4n) is 2.63. The van der Waals surface area contributed by atoms with Gasteiger partial charge >= 0.3 is 0 Å². The molecule has 1 unspecified atom stereocenters. The van der Waals surface area contributed by atoms with Crippen LogP contribution in [0.25, 0.3) is 11.0 Å². The second-order valence-corrected chi connectivity index (χ2v) is 5.46. The number of nitrogens with two attached hydrogens (primary N) is 1. The Morgan fingerprint density at radius 1 is 0.900 bits per heavy atom. The molecule has 2 N–H and O–H groups in total. The van der Waals surface area contributed by atoms with Crippen molar-refractivity contribution in [3.63, 3.8) is 0 Å². The van der Waals surface area contributed by atoms with E-state index in [1.807, 2.05) is 30.3 Å². The average molecular weight is 265 g/mol. The van der Waals surface area contributed by atoms with E-state index in [1.54, 1.807) is 0 Å². The van der Waals surface area contributed by atoms with Gasteiger partial charge in [0.2, 0.25) is 0 Å². The predicted octanol–water partition coefficient (Wildman–Crippen LogP) is 4.41. The molecule has 2 heteroatoms. The molecule has 1 atom stereocenters. The van der Waals surface area contributed by atoms with Gasteiger partial charge in [-0.3, -0.25) is 0 Å². The van der Waals surface area contributed by atoms with Crippen molar-refractivity contribution in [1.82, 2.24) is 0 Å². The molecule has 1 heterocycles. The Balaban J connectivity index is 2.07. The summed E-state index contributed by atoms with van der Waals surface area (Å²) in [6.45, 7) is 6.34. The predicted molar refractivity (Wildman–Crippen MR) is 82.9 cm³/mol. The minimum atomic E-state index is -0.221. The van der Waals surface area contributed by atoms with Crippen molar-refractivity contribution in [2.24, 2.45) is 5.73 Å². The van der Waals surface area contributed by atoms with Crippen LogP contribution in [0.15, 0.2) is 46.9 Å². The van der Waals surface area contributed by atoms with Crippen molar-refractivity contribution in [1.29, 1.82) is 0 Å². The van der Waals surface area contributed by atoms with E-state index in [0.29, 0.717) is 0 Å². The summed E-state index contributed by atoms with van der Waals surface area (Å²) in [6, 6.07) is 14.2. The summed E-state index contributed by atoms with van der Waals surface area (Å²) < 4.78 is 5.88. The summed E-state index contributed by atoms with van der Waals surface area (Å²) in [5.74, 6) is 0.817. The highest BCUT2D eigenvalue weighted by Crippen LogP contribution is 2.29. The van der Waals surface area contributed by atoms with Gasteiger partial charge in [0.25, 0.3) is 0 Å². The normalized spacial score (nSPS) is 12.8. The summed E-state index contributed by atoms with van der Waals surface area (Å²) >= 11 is 0. The van der Waals surface area contributed by atoms with E-state index < -0.39 is 0 Å². The quantitative estimate of drug-likeness (QED) is 0.745. The third kappa shape index (κ3) is 2.12. The van der Waals surface area contributed by atoms with Crippen LogP contribution in [0.1, 0.15) is 34.1 Å². The lowest BCUT2D eigenvalue weighted by Gasteiger charge is -2.15. The molecule has 0 bridgehead atoms. The van der Waals surface area contributed by atoms with Gasteiger partial charge in [-0.25, -0.2) is 0 Å². The first-order chi connectivity index (χ1) is 9.56. The van der Waals surface area contributed by atoms with Gasteiger partial charge < -0.3 is 10.2 Å². The van der Waals surface area contributed by atoms with E-state index in [4.69, 9.17) is 10.2 Å². The van der Waals surface area contributed by atoms with Gasteiger partial charge in [-0.2, -0.15) is 0 Å². The molecule has 1 aromatic heterocycles. The number of hydrogen-bond donors (Lipinski definition) is 1. The maximum Gasteiger partial charge on any atom is 0.134 e. The standard InChI is InChI=1S/C18H19NO/c1-11-8-13(3)15(9-12(11)2)18(19)17-10-14-6-4-5-7-16(14)20-17/h4-10,18H,19H2,1-3H3. The molecule has 0 amide bonds. The molecule has 0 aliphatic heterocycles. The number of benzene rings is 2. The molecule has 0 aliphatic rings. The zero-order valence-electron chi connectivity index (χ0n) is 12.1. The fraction of sp³-hybridized carbons (Fsp3) is 0.222. The Labute approximate surface area is 119 Å². The van der Waals surface area contributed by atoms with Crippen LogP contribution in [0, 0.1) is 20.8 Å². The van der Waals surface area contributed by atoms with Gasteiger partial charge in [-0.05, 0) is 55.2 Å². The summed E-state index contributed by atoms with van der Waals surface area (Å²) in [7, 11) is 0. The first-order valence-corrected chi connectivity index (χ1v) is 6.88. The molecule has 20 heavy (non-hydrogen) atoms. The van der Waals surface area contributed by atoms with Crippen molar-refractivity contribution >= 4 is 11.0 Å². The molecular weight excluding hydrogens is 246 g/mol. The molecule has 102 valence electrons. The molecule has 2 nitrogen and oxygen atoms in total. The number of furan rings is 1. The Kier molecular flexibility index (Phi) is 3.11. The smallest absolute Gasteiger partial charge is 0.134 e. The van der Waals surface area contributed by atoms with E-state index in [-0.39, 0.29) is 6.04 Å². The lowest BCUT2D eigenvalue weighted by atomic mass is 9.95. The van der Waals surface area contributed by atoms with Gasteiger partial charge in [0, 0.05) is 5.39 Å². The van der Waals surface area contributed by atoms with Crippen LogP contribution < -0.4 is 5.73 Å². The molecule has 0 spiro atoms. The molecule has 0 aliphatic carbocycles. The number of aryl methyl sites for hydroxylation is 3. The minimum Gasteiger partial charge on any atom is -0.459 e. The molecule has 3 aromatic rings. The molecule has 0 radical (unpaired) electrons. The maximum absolute atomic E-state index is 6.41. The molecule has 3 rings (SSSR count). The van der Waals surface area contributed by atoms with Gasteiger partial charge in [-0.1, -0.05) is 30.3 Å². The highest BCUT2D eigenvalue weighted by Gasteiger charge is 2.16. The first-order valence-electron chi connectivity index (χ1n) is 6.88. The minimum absolute atomic E-state index is 0.221. The van der Waals surface area contributed by atoms with Crippen molar-refractivity contribution in [3.8, 4) is 0 Å². The van der Waals surface area contributed by atoms with Crippen LogP contribution in [0.3, 0.4) is 0 Å². The Hall–Kier alpha value is -2.06. The van der Waals surface area contributed by atoms with Gasteiger partial charge in [0.1, 0.15) is 11.3 Å². The molecular formula is C18H19NO. The van der Waals surface area contributed by atoms with Crippen LogP contribution in [-0.2, 0) is 0 Å². The van der Waals surface area contributed by atoms with Crippen molar-refractivity contribution < 1.29 is 4.42 Å². The zero-order valence-corrected chi connectivity index (χ0v) is 12.1. The Morgan fingerprint density at radius 2 is 1.60 bits per heavy atom. The van der Waals surface area contributed by atoms with Gasteiger partial charge in [0.05, 0.1) is 6.04 Å². The first kappa shape index (κ1) is 12.9. The largest absolute Gasteiger partial charge is 0.459 e. The molecule has 2 aromatic carbocycles. The monoisotopic (exact) mass is 265 g/mol. The number of fused-ring (bicyclic) bond motifs is 1. The number of para-hydroxylation sites is 1. The summed E-state index contributed by atoms with van der Waals surface area (Å²) in [5, 5.41) is 1.10. The van der Waals surface area contributed by atoms with Crippen LogP contribution >= 0.6 is 0 Å². The zero-order chi connectivity index (χ0) is 14.3. The van der Waals surface area contributed by atoms with Crippen LogP contribution in [0.5, 0.6) is 0 Å². The molecule has 0 fully saturated rings. The summed E-state index contributed by atoms with van der Waals surface area (Å²) in [6.07, 6.45) is 0. The maximum atomic E-state index is 6.41. The summed E-state index contributed by atoms with van der Waals surface area (Å²) in [4.78, 5) is 0. The van der Waals surface area contributed by atoms with Crippen LogP contribution in [0.4, 0.5) is 0 Å². The number of rotatable bonds is 2. The topological polar surface area (TPSA) is 39.2 Å². The number of hydrogen-bond acceptors (Lipinski definition) is 2. The van der Waals surface area contributed by atoms with Gasteiger partial charge in [0.15, 0.2) is 0 Å². The Morgan fingerprint density at radius 3 is 2.35 bits per heavy atom. The van der Waals surface area contributed by atoms with E-state index in [9.17, 15) is 0 Å². The fourth-order valence-corrected chi connectivity index (χ4v) is 2.63. The third-order valence-electron chi connectivity index (χ3n) is 3.97. The molecule has 0 saturated heterocycles. The van der Waals surface area contributed by atoms with E-state index in [1.165, 1.54) is 16.7 Å². The van der Waals surface area contributed by atoms with Gasteiger partial charge in [-0.15, -0.1) is 0 Å². The highest BCUT2D eigenvalue weighted by atomic mass is 16.3. The van der Waals surface area contributed by atoms with E-state index in [2.05, 4.69) is 32.9 Å². The second-order valence-electron chi connectivity index (χ2n) is 5.46. The highest BCUT2D eigenvalue weighted by molar-refractivity contribution is 5.78. The second kappa shape index (κ2) is 4.80. The Bertz CT molecular complexity index is 737. The van der Waals surface area contributed by atoms with Crippen molar-refractivity contribution in [2.45, 2.75) is 26.8 Å². The lowest BCUT2D eigenvalue weighted by Crippen LogP contribution is -2.13.